The summed E-state index contributed by atoms with van der Waals surface area (Å²) in [4.78, 5) is 4.70. The Morgan fingerprint density at radius 3 is 2.81 bits per heavy atom. The van der Waals surface area contributed by atoms with Gasteiger partial charge in [-0.25, -0.2) is 9.37 Å². The highest BCUT2D eigenvalue weighted by Crippen LogP contribution is 2.25. The van der Waals surface area contributed by atoms with Crippen molar-refractivity contribution in [2.24, 2.45) is 0 Å². The standard InChI is InChI=1S/C17H22FN3/c1-12-20-15-9-5-6-10-17(15)21(12)11-16(19-2)13-7-3-4-8-14(13)18/h3-4,7-8,16,19H,5-6,9-11H2,1-2H3. The SMILES string of the molecule is CNC(Cn1c(C)nc2c1CCCC2)c1ccccc1F. The zero-order valence-electron chi connectivity index (χ0n) is 12.7. The lowest BCUT2D eigenvalue weighted by Crippen LogP contribution is -2.25. The number of aryl methyl sites for hydroxylation is 2. The maximum absolute atomic E-state index is 14.0. The molecule has 0 amide bonds. The van der Waals surface area contributed by atoms with E-state index in [2.05, 4.69) is 9.88 Å². The predicted octanol–water partition coefficient (Wildman–Crippen LogP) is 3.17. The summed E-state index contributed by atoms with van der Waals surface area (Å²) in [6.07, 6.45) is 4.62. The van der Waals surface area contributed by atoms with Crippen LogP contribution >= 0.6 is 0 Å². The molecule has 1 heterocycles. The van der Waals surface area contributed by atoms with Gasteiger partial charge in [0.2, 0.25) is 0 Å². The van der Waals surface area contributed by atoms with Crippen LogP contribution in [-0.2, 0) is 19.4 Å². The van der Waals surface area contributed by atoms with Crippen LogP contribution in [0.25, 0.3) is 0 Å². The Hall–Kier alpha value is -1.68. The second-order valence-corrected chi connectivity index (χ2v) is 5.73. The molecule has 112 valence electrons. The van der Waals surface area contributed by atoms with Gasteiger partial charge in [0.15, 0.2) is 0 Å². The molecule has 1 aromatic heterocycles. The van der Waals surface area contributed by atoms with Crippen molar-refractivity contribution in [3.8, 4) is 0 Å². The average Bonchev–Trinajstić information content (AvgIpc) is 2.81. The lowest BCUT2D eigenvalue weighted by molar-refractivity contribution is 0.457. The van der Waals surface area contributed by atoms with Crippen LogP contribution in [0.2, 0.25) is 0 Å². The molecule has 1 aliphatic carbocycles. The van der Waals surface area contributed by atoms with Crippen LogP contribution in [0.5, 0.6) is 0 Å². The number of halogens is 1. The van der Waals surface area contributed by atoms with Gasteiger partial charge in [-0.15, -0.1) is 0 Å². The van der Waals surface area contributed by atoms with Crippen LogP contribution in [0.1, 0.15) is 41.7 Å². The van der Waals surface area contributed by atoms with Crippen LogP contribution in [0, 0.1) is 12.7 Å². The van der Waals surface area contributed by atoms with Crippen molar-refractivity contribution in [2.45, 2.75) is 45.2 Å². The highest BCUT2D eigenvalue weighted by molar-refractivity contribution is 5.24. The van der Waals surface area contributed by atoms with Gasteiger partial charge in [-0.3, -0.25) is 0 Å². The highest BCUT2D eigenvalue weighted by atomic mass is 19.1. The largest absolute Gasteiger partial charge is 0.330 e. The van der Waals surface area contributed by atoms with Crippen molar-refractivity contribution in [3.05, 3.63) is 52.9 Å². The minimum Gasteiger partial charge on any atom is -0.330 e. The van der Waals surface area contributed by atoms with E-state index in [4.69, 9.17) is 4.98 Å². The minimum atomic E-state index is -0.150. The Morgan fingerprint density at radius 2 is 2.05 bits per heavy atom. The van der Waals surface area contributed by atoms with Crippen molar-refractivity contribution in [3.63, 3.8) is 0 Å². The van der Waals surface area contributed by atoms with Gasteiger partial charge in [-0.2, -0.15) is 0 Å². The first-order valence-corrected chi connectivity index (χ1v) is 7.67. The fourth-order valence-corrected chi connectivity index (χ4v) is 3.26. The molecular weight excluding hydrogens is 265 g/mol. The maximum Gasteiger partial charge on any atom is 0.128 e. The number of hydrogen-bond donors (Lipinski definition) is 1. The van der Waals surface area contributed by atoms with Crippen molar-refractivity contribution in [2.75, 3.05) is 7.05 Å². The number of imidazole rings is 1. The van der Waals surface area contributed by atoms with E-state index in [1.54, 1.807) is 6.07 Å². The van der Waals surface area contributed by atoms with Crippen LogP contribution in [-0.4, -0.2) is 16.6 Å². The molecule has 1 unspecified atom stereocenters. The van der Waals surface area contributed by atoms with E-state index in [0.29, 0.717) is 0 Å². The zero-order chi connectivity index (χ0) is 14.8. The third-order valence-corrected chi connectivity index (χ3v) is 4.42. The van der Waals surface area contributed by atoms with Crippen LogP contribution in [0.3, 0.4) is 0 Å². The Bertz CT molecular complexity index is 633. The molecule has 1 aromatic carbocycles. The van der Waals surface area contributed by atoms with E-state index in [9.17, 15) is 4.39 Å². The summed E-state index contributed by atoms with van der Waals surface area (Å²) in [6, 6.07) is 6.96. The third-order valence-electron chi connectivity index (χ3n) is 4.42. The summed E-state index contributed by atoms with van der Waals surface area (Å²) in [5.41, 5.74) is 3.30. The Labute approximate surface area is 125 Å². The molecule has 0 saturated heterocycles. The third kappa shape index (κ3) is 2.72. The average molecular weight is 287 g/mol. The summed E-state index contributed by atoms with van der Waals surface area (Å²) in [7, 11) is 1.88. The first-order chi connectivity index (χ1) is 10.2. The summed E-state index contributed by atoms with van der Waals surface area (Å²) in [6.45, 7) is 2.78. The number of likely N-dealkylation sites (N-methyl/N-ethyl adjacent to an activating group) is 1. The highest BCUT2D eigenvalue weighted by Gasteiger charge is 2.21. The monoisotopic (exact) mass is 287 g/mol. The van der Waals surface area contributed by atoms with Crippen LogP contribution in [0.15, 0.2) is 24.3 Å². The van der Waals surface area contributed by atoms with Crippen molar-refractivity contribution < 1.29 is 4.39 Å². The molecule has 1 atom stereocenters. The smallest absolute Gasteiger partial charge is 0.128 e. The molecule has 21 heavy (non-hydrogen) atoms. The molecule has 3 nitrogen and oxygen atoms in total. The molecule has 0 saturated carbocycles. The second-order valence-electron chi connectivity index (χ2n) is 5.73. The molecule has 2 aromatic rings. The Kier molecular flexibility index (Phi) is 4.06. The number of nitrogens with one attached hydrogen (secondary N) is 1. The number of fused-ring (bicyclic) bond motifs is 1. The van der Waals surface area contributed by atoms with E-state index < -0.39 is 0 Å². The maximum atomic E-state index is 14.0. The number of nitrogens with zero attached hydrogens (tertiary/aromatic N) is 2. The molecule has 0 aliphatic heterocycles. The number of aromatic nitrogens is 2. The van der Waals surface area contributed by atoms with Crippen molar-refractivity contribution in [1.29, 1.82) is 0 Å². The van der Waals surface area contributed by atoms with Crippen LogP contribution in [0.4, 0.5) is 4.39 Å². The molecule has 0 spiro atoms. The van der Waals surface area contributed by atoms with Gasteiger partial charge in [-0.05, 0) is 45.7 Å². The normalized spacial score (nSPS) is 15.8. The molecule has 1 aliphatic rings. The fourth-order valence-electron chi connectivity index (χ4n) is 3.26. The van der Waals surface area contributed by atoms with Crippen molar-refractivity contribution in [1.82, 2.24) is 14.9 Å². The van der Waals surface area contributed by atoms with E-state index >= 15 is 0 Å². The lowest BCUT2D eigenvalue weighted by atomic mass is 10.0. The molecule has 4 heteroatoms. The van der Waals surface area contributed by atoms with E-state index in [1.165, 1.54) is 30.3 Å². The summed E-state index contributed by atoms with van der Waals surface area (Å²) in [5.74, 6) is 0.891. The topological polar surface area (TPSA) is 29.9 Å². The molecule has 1 N–H and O–H groups in total. The Balaban J connectivity index is 1.91. The predicted molar refractivity (Wildman–Crippen MR) is 81.8 cm³/mol. The number of rotatable bonds is 4. The molecule has 0 fully saturated rings. The van der Waals surface area contributed by atoms with E-state index in [-0.39, 0.29) is 11.9 Å². The molecule has 0 radical (unpaired) electrons. The molecule has 3 rings (SSSR count). The zero-order valence-corrected chi connectivity index (χ0v) is 12.7. The van der Waals surface area contributed by atoms with Gasteiger partial charge in [0.1, 0.15) is 11.6 Å². The summed E-state index contributed by atoms with van der Waals surface area (Å²) >= 11 is 0. The van der Waals surface area contributed by atoms with Crippen LogP contribution < -0.4 is 5.32 Å². The summed E-state index contributed by atoms with van der Waals surface area (Å²) < 4.78 is 16.3. The first-order valence-electron chi connectivity index (χ1n) is 7.67. The molecule has 0 bridgehead atoms. The van der Waals surface area contributed by atoms with Gasteiger partial charge in [0, 0.05) is 17.8 Å². The van der Waals surface area contributed by atoms with E-state index in [1.807, 2.05) is 26.1 Å². The van der Waals surface area contributed by atoms with Gasteiger partial charge < -0.3 is 9.88 Å². The lowest BCUT2D eigenvalue weighted by Gasteiger charge is -2.21. The quantitative estimate of drug-likeness (QED) is 0.936. The second kappa shape index (κ2) is 5.98. The fraction of sp³-hybridized carbons (Fsp3) is 0.471. The van der Waals surface area contributed by atoms with Gasteiger partial charge in [-0.1, -0.05) is 18.2 Å². The first kappa shape index (κ1) is 14.3. The van der Waals surface area contributed by atoms with Gasteiger partial charge >= 0.3 is 0 Å². The Morgan fingerprint density at radius 1 is 1.29 bits per heavy atom. The number of hydrogen-bond acceptors (Lipinski definition) is 2. The van der Waals surface area contributed by atoms with Gasteiger partial charge in [0.25, 0.3) is 0 Å². The van der Waals surface area contributed by atoms with E-state index in [0.717, 1.165) is 30.8 Å². The minimum absolute atomic E-state index is 0.0369. The number of benzene rings is 1. The summed E-state index contributed by atoms with van der Waals surface area (Å²) in [5, 5.41) is 3.24. The van der Waals surface area contributed by atoms with Crippen molar-refractivity contribution >= 4 is 0 Å². The van der Waals surface area contributed by atoms with Gasteiger partial charge in [0.05, 0.1) is 11.7 Å². The molecular formula is C17H22FN3.